The molecule has 0 spiro atoms. The summed E-state index contributed by atoms with van der Waals surface area (Å²) in [5.74, 6) is 0.775. The zero-order valence-electron chi connectivity index (χ0n) is 11.1. The lowest BCUT2D eigenvalue weighted by atomic mass is 10.2. The summed E-state index contributed by atoms with van der Waals surface area (Å²) < 4.78 is 2.45. The number of hydrogen-bond acceptors (Lipinski definition) is 3. The molecule has 0 saturated carbocycles. The van der Waals surface area contributed by atoms with Crippen LogP contribution in [0.4, 0.5) is 0 Å². The second-order valence-corrected chi connectivity index (χ2v) is 4.85. The summed E-state index contributed by atoms with van der Waals surface area (Å²) in [6.07, 6.45) is 3.83. The molecular formula is C15H14N4S. The summed E-state index contributed by atoms with van der Waals surface area (Å²) in [4.78, 5) is 7.71. The number of nitrogens with zero attached hydrogens (tertiary/aromatic N) is 3. The van der Waals surface area contributed by atoms with E-state index in [0.29, 0.717) is 4.64 Å². The van der Waals surface area contributed by atoms with E-state index in [-0.39, 0.29) is 0 Å². The molecule has 0 unspecified atom stereocenters. The van der Waals surface area contributed by atoms with Crippen LogP contribution >= 0.6 is 12.2 Å². The highest BCUT2D eigenvalue weighted by Gasteiger charge is 2.06. The van der Waals surface area contributed by atoms with Gasteiger partial charge in [0.25, 0.3) is 0 Å². The molecule has 0 saturated heterocycles. The average molecular weight is 282 g/mol. The maximum atomic E-state index is 5.26. The van der Waals surface area contributed by atoms with Gasteiger partial charge >= 0.3 is 0 Å². The van der Waals surface area contributed by atoms with E-state index in [1.807, 2.05) is 53.5 Å². The fourth-order valence-corrected chi connectivity index (χ4v) is 2.23. The van der Waals surface area contributed by atoms with E-state index in [2.05, 4.69) is 22.0 Å². The van der Waals surface area contributed by atoms with Gasteiger partial charge in [0, 0.05) is 23.9 Å². The number of hydrogen-bond donors (Lipinski definition) is 1. The zero-order chi connectivity index (χ0) is 13.9. The lowest BCUT2D eigenvalue weighted by Gasteiger charge is -2.04. The van der Waals surface area contributed by atoms with E-state index in [1.54, 1.807) is 0 Å². The molecule has 0 radical (unpaired) electrons. The first-order valence-corrected chi connectivity index (χ1v) is 6.86. The highest BCUT2D eigenvalue weighted by atomic mass is 32.1. The first kappa shape index (κ1) is 12.7. The summed E-state index contributed by atoms with van der Waals surface area (Å²) in [5, 5.41) is 4.29. The number of H-pyrrole nitrogens is 1. The third-order valence-corrected chi connectivity index (χ3v) is 3.27. The molecule has 4 nitrogen and oxygen atoms in total. The van der Waals surface area contributed by atoms with Crippen molar-refractivity contribution in [3.8, 4) is 22.6 Å². The number of benzene rings is 1. The molecule has 0 amide bonds. The maximum absolute atomic E-state index is 5.26. The third-order valence-electron chi connectivity index (χ3n) is 3.06. The molecule has 2 aromatic heterocycles. The number of aromatic amines is 1. The highest BCUT2D eigenvalue weighted by Crippen LogP contribution is 2.20. The highest BCUT2D eigenvalue weighted by molar-refractivity contribution is 7.71. The van der Waals surface area contributed by atoms with Crippen molar-refractivity contribution in [3.05, 3.63) is 53.4 Å². The van der Waals surface area contributed by atoms with Crippen LogP contribution in [0.3, 0.4) is 0 Å². The molecule has 5 heteroatoms. The molecule has 0 aliphatic rings. The smallest absolute Gasteiger partial charge is 0.139 e. The van der Waals surface area contributed by atoms with Crippen molar-refractivity contribution in [2.75, 3.05) is 0 Å². The van der Waals surface area contributed by atoms with Crippen LogP contribution in [0.15, 0.2) is 48.8 Å². The van der Waals surface area contributed by atoms with E-state index in [4.69, 9.17) is 12.2 Å². The molecule has 0 atom stereocenters. The van der Waals surface area contributed by atoms with Gasteiger partial charge in [0.05, 0.1) is 11.9 Å². The minimum Gasteiger partial charge on any atom is -0.339 e. The van der Waals surface area contributed by atoms with E-state index in [9.17, 15) is 0 Å². The quantitative estimate of drug-likeness (QED) is 0.745. The molecule has 3 aromatic rings. The maximum Gasteiger partial charge on any atom is 0.139 e. The number of aryl methyl sites for hydroxylation is 1. The van der Waals surface area contributed by atoms with Crippen LogP contribution in [-0.2, 0) is 6.54 Å². The Bertz CT molecular complexity index is 774. The Kier molecular flexibility index (Phi) is 3.43. The molecule has 0 aliphatic carbocycles. The number of aromatic nitrogens is 4. The van der Waals surface area contributed by atoms with Gasteiger partial charge in [-0.05, 0) is 13.0 Å². The van der Waals surface area contributed by atoms with Crippen LogP contribution < -0.4 is 0 Å². The molecule has 3 rings (SSSR count). The molecule has 0 bridgehead atoms. The van der Waals surface area contributed by atoms with E-state index in [1.165, 1.54) is 0 Å². The van der Waals surface area contributed by atoms with E-state index >= 15 is 0 Å². The Hall–Kier alpha value is -2.27. The van der Waals surface area contributed by atoms with Gasteiger partial charge in [-0.15, -0.1) is 0 Å². The van der Waals surface area contributed by atoms with Crippen LogP contribution in [-0.4, -0.2) is 19.7 Å². The minimum atomic E-state index is 0.571. The van der Waals surface area contributed by atoms with Gasteiger partial charge in [0.1, 0.15) is 10.5 Å². The minimum absolute atomic E-state index is 0.571. The molecule has 0 fully saturated rings. The van der Waals surface area contributed by atoms with Crippen molar-refractivity contribution in [1.82, 2.24) is 19.7 Å². The summed E-state index contributed by atoms with van der Waals surface area (Å²) in [7, 11) is 0. The predicted molar refractivity (Wildman–Crippen MR) is 81.8 cm³/mol. The molecule has 2 heterocycles. The van der Waals surface area contributed by atoms with Crippen LogP contribution in [0.1, 0.15) is 6.92 Å². The lowest BCUT2D eigenvalue weighted by molar-refractivity contribution is 0.660. The Labute approximate surface area is 122 Å². The Morgan fingerprint density at radius 1 is 1.20 bits per heavy atom. The fourth-order valence-electron chi connectivity index (χ4n) is 2.02. The summed E-state index contributed by atoms with van der Waals surface area (Å²) in [5.41, 5.74) is 2.96. The van der Waals surface area contributed by atoms with Crippen molar-refractivity contribution >= 4 is 12.2 Å². The SMILES string of the molecule is CCn1cc(-c2cc(=S)nc(-c3ccccc3)[nH]2)cn1. The second-order valence-electron chi connectivity index (χ2n) is 4.43. The van der Waals surface area contributed by atoms with Gasteiger partial charge in [0.2, 0.25) is 0 Å². The Morgan fingerprint density at radius 3 is 2.70 bits per heavy atom. The van der Waals surface area contributed by atoms with Crippen molar-refractivity contribution < 1.29 is 0 Å². The zero-order valence-corrected chi connectivity index (χ0v) is 11.9. The van der Waals surface area contributed by atoms with Crippen molar-refractivity contribution in [2.24, 2.45) is 0 Å². The molecule has 1 aromatic carbocycles. The number of rotatable bonds is 3. The topological polar surface area (TPSA) is 46.5 Å². The second kappa shape index (κ2) is 5.38. The van der Waals surface area contributed by atoms with Crippen LogP contribution in [0, 0.1) is 4.64 Å². The summed E-state index contributed by atoms with van der Waals surface area (Å²) >= 11 is 5.26. The van der Waals surface area contributed by atoms with E-state index < -0.39 is 0 Å². The van der Waals surface area contributed by atoms with Gasteiger partial charge in [-0.3, -0.25) is 4.68 Å². The summed E-state index contributed by atoms with van der Waals surface area (Å²) in [6.45, 7) is 2.90. The van der Waals surface area contributed by atoms with Gasteiger partial charge in [0.15, 0.2) is 0 Å². The molecule has 100 valence electrons. The first-order chi connectivity index (χ1) is 9.76. The average Bonchev–Trinajstić information content (AvgIpc) is 2.96. The third kappa shape index (κ3) is 2.53. The first-order valence-electron chi connectivity index (χ1n) is 6.46. The van der Waals surface area contributed by atoms with Crippen LogP contribution in [0.2, 0.25) is 0 Å². The Morgan fingerprint density at radius 2 is 2.00 bits per heavy atom. The van der Waals surface area contributed by atoms with Gasteiger partial charge in [-0.2, -0.15) is 5.10 Å². The summed E-state index contributed by atoms with van der Waals surface area (Å²) in [6, 6.07) is 11.8. The molecule has 1 N–H and O–H groups in total. The van der Waals surface area contributed by atoms with Crippen molar-refractivity contribution in [1.29, 1.82) is 0 Å². The molecule has 0 aliphatic heterocycles. The fraction of sp³-hybridized carbons (Fsp3) is 0.133. The monoisotopic (exact) mass is 282 g/mol. The normalized spacial score (nSPS) is 10.7. The van der Waals surface area contributed by atoms with Gasteiger partial charge in [-0.1, -0.05) is 42.5 Å². The van der Waals surface area contributed by atoms with Crippen molar-refractivity contribution in [2.45, 2.75) is 13.5 Å². The van der Waals surface area contributed by atoms with Crippen LogP contribution in [0.25, 0.3) is 22.6 Å². The predicted octanol–water partition coefficient (Wildman–Crippen LogP) is 3.69. The van der Waals surface area contributed by atoms with Gasteiger partial charge < -0.3 is 4.98 Å². The lowest BCUT2D eigenvalue weighted by Crippen LogP contribution is -1.93. The van der Waals surface area contributed by atoms with Gasteiger partial charge in [-0.25, -0.2) is 4.98 Å². The standard InChI is InChI=1S/C15H14N4S/c1-2-19-10-12(9-16-19)13-8-14(20)18-15(17-13)11-6-4-3-5-7-11/h3-10H,2H2,1H3,(H,17,18,20). The molecular weight excluding hydrogens is 268 g/mol. The largest absolute Gasteiger partial charge is 0.339 e. The van der Waals surface area contributed by atoms with Crippen LogP contribution in [0.5, 0.6) is 0 Å². The van der Waals surface area contributed by atoms with E-state index in [0.717, 1.165) is 29.2 Å². The van der Waals surface area contributed by atoms with Crippen molar-refractivity contribution in [3.63, 3.8) is 0 Å². The Balaban J connectivity index is 2.09. The number of nitrogens with one attached hydrogen (secondary N) is 1. The molecule has 20 heavy (non-hydrogen) atoms.